The molecule has 0 spiro atoms. The van der Waals surface area contributed by atoms with Crippen molar-refractivity contribution in [2.75, 3.05) is 46.6 Å². The topological polar surface area (TPSA) is 56.8 Å². The summed E-state index contributed by atoms with van der Waals surface area (Å²) in [5.41, 5.74) is 0. The molecule has 0 aliphatic carbocycles. The number of likely N-dealkylation sites (N-methyl/N-ethyl adjacent to an activating group) is 1. The van der Waals surface area contributed by atoms with Gasteiger partial charge < -0.3 is 19.5 Å². The number of carbonyl (C=O) groups excluding carboxylic acids is 1. The van der Waals surface area contributed by atoms with Crippen LogP contribution in [0.2, 0.25) is 0 Å². The minimum atomic E-state index is -0.268. The van der Waals surface area contributed by atoms with Crippen molar-refractivity contribution < 1.29 is 19.0 Å². The maximum Gasteiger partial charge on any atom is 0.308 e. The third-order valence-corrected chi connectivity index (χ3v) is 1.68. The Morgan fingerprint density at radius 1 is 1.25 bits per heavy atom. The summed E-state index contributed by atoms with van der Waals surface area (Å²) in [6.45, 7) is 6.61. The van der Waals surface area contributed by atoms with E-state index < -0.39 is 0 Å². The number of rotatable bonds is 11. The lowest BCUT2D eigenvalue weighted by Crippen LogP contribution is -2.16. The molecule has 0 radical (unpaired) electrons. The summed E-state index contributed by atoms with van der Waals surface area (Å²) in [6, 6.07) is 0. The Labute approximate surface area is 96.8 Å². The van der Waals surface area contributed by atoms with Gasteiger partial charge in [-0.15, -0.1) is 0 Å². The zero-order valence-corrected chi connectivity index (χ0v) is 9.87. The van der Waals surface area contributed by atoms with Gasteiger partial charge in [-0.1, -0.05) is 12.7 Å². The van der Waals surface area contributed by atoms with Gasteiger partial charge in [0.05, 0.1) is 32.8 Å². The van der Waals surface area contributed by atoms with Crippen molar-refractivity contribution in [2.24, 2.45) is 0 Å². The first-order valence-electron chi connectivity index (χ1n) is 5.38. The molecular formula is C11H21NO4. The van der Waals surface area contributed by atoms with E-state index in [1.54, 1.807) is 0 Å². The Kier molecular flexibility index (Phi) is 11.5. The van der Waals surface area contributed by atoms with E-state index in [0.29, 0.717) is 26.4 Å². The third-order valence-electron chi connectivity index (χ3n) is 1.68. The first-order valence-corrected chi connectivity index (χ1v) is 5.38. The number of esters is 1. The van der Waals surface area contributed by atoms with E-state index in [-0.39, 0.29) is 19.0 Å². The molecule has 0 rings (SSSR count). The first kappa shape index (κ1) is 15.1. The Balaban J connectivity index is 3.08. The van der Waals surface area contributed by atoms with Gasteiger partial charge in [0, 0.05) is 6.54 Å². The fraction of sp³-hybridized carbons (Fsp3) is 0.727. The summed E-state index contributed by atoms with van der Waals surface area (Å²) in [7, 11) is 1.87. The Hall–Kier alpha value is -0.910. The molecule has 0 saturated carbocycles. The van der Waals surface area contributed by atoms with E-state index >= 15 is 0 Å². The number of carbonyl (C=O) groups is 1. The zero-order valence-electron chi connectivity index (χ0n) is 9.87. The van der Waals surface area contributed by atoms with Crippen LogP contribution < -0.4 is 5.32 Å². The van der Waals surface area contributed by atoms with E-state index in [4.69, 9.17) is 14.2 Å². The smallest absolute Gasteiger partial charge is 0.308 e. The number of nitrogens with one attached hydrogen (secondary N) is 1. The Morgan fingerprint density at radius 2 is 1.94 bits per heavy atom. The molecule has 0 amide bonds. The van der Waals surface area contributed by atoms with Gasteiger partial charge in [-0.25, -0.2) is 0 Å². The molecule has 5 heteroatoms. The molecule has 16 heavy (non-hydrogen) atoms. The summed E-state index contributed by atoms with van der Waals surface area (Å²) < 4.78 is 15.2. The molecule has 0 aliphatic heterocycles. The van der Waals surface area contributed by atoms with E-state index in [2.05, 4.69) is 11.9 Å². The Bertz CT molecular complexity index is 185. The molecule has 0 fully saturated rings. The highest BCUT2D eigenvalue weighted by Crippen LogP contribution is 1.88. The number of hydrogen-bond acceptors (Lipinski definition) is 5. The molecule has 0 heterocycles. The van der Waals surface area contributed by atoms with Crippen LogP contribution in [0.25, 0.3) is 0 Å². The number of ether oxygens (including phenoxy) is 3. The fourth-order valence-electron chi connectivity index (χ4n) is 0.876. The highest BCUT2D eigenvalue weighted by molar-refractivity contribution is 5.69. The van der Waals surface area contributed by atoms with Crippen LogP contribution in [0.5, 0.6) is 0 Å². The quantitative estimate of drug-likeness (QED) is 0.316. The molecule has 0 aromatic heterocycles. The van der Waals surface area contributed by atoms with Gasteiger partial charge in [0.2, 0.25) is 0 Å². The fourth-order valence-corrected chi connectivity index (χ4v) is 0.876. The normalized spacial score (nSPS) is 10.1. The summed E-state index contributed by atoms with van der Waals surface area (Å²) >= 11 is 0. The molecule has 0 aromatic rings. The van der Waals surface area contributed by atoms with Crippen LogP contribution in [0.15, 0.2) is 12.7 Å². The second kappa shape index (κ2) is 12.2. The van der Waals surface area contributed by atoms with Crippen molar-refractivity contribution in [3.05, 3.63) is 12.7 Å². The standard InChI is InChI=1S/C11H21NO4/c1-3-6-16-11(13)4-7-14-9-10-15-8-5-12-2/h3,12H,1,4-10H2,2H3. The third kappa shape index (κ3) is 11.2. The van der Waals surface area contributed by atoms with Crippen LogP contribution in [-0.2, 0) is 19.0 Å². The van der Waals surface area contributed by atoms with Gasteiger partial charge in [0.25, 0.3) is 0 Å². The lowest BCUT2D eigenvalue weighted by molar-refractivity contribution is -0.143. The largest absolute Gasteiger partial charge is 0.461 e. The van der Waals surface area contributed by atoms with Crippen LogP contribution in [-0.4, -0.2) is 52.6 Å². The average molecular weight is 231 g/mol. The van der Waals surface area contributed by atoms with Crippen LogP contribution in [0, 0.1) is 0 Å². The van der Waals surface area contributed by atoms with Gasteiger partial charge in [-0.2, -0.15) is 0 Å². The molecule has 0 bridgehead atoms. The molecule has 0 unspecified atom stereocenters. The molecule has 5 nitrogen and oxygen atoms in total. The highest BCUT2D eigenvalue weighted by atomic mass is 16.5. The minimum absolute atomic E-state index is 0.256. The molecular weight excluding hydrogens is 210 g/mol. The van der Waals surface area contributed by atoms with Crippen LogP contribution in [0.4, 0.5) is 0 Å². The van der Waals surface area contributed by atoms with E-state index in [1.165, 1.54) is 6.08 Å². The van der Waals surface area contributed by atoms with Gasteiger partial charge in [-0.3, -0.25) is 4.79 Å². The second-order valence-electron chi connectivity index (χ2n) is 3.05. The molecule has 0 aromatic carbocycles. The van der Waals surface area contributed by atoms with Gasteiger partial charge in [0.15, 0.2) is 0 Å². The van der Waals surface area contributed by atoms with Crippen LogP contribution >= 0.6 is 0 Å². The van der Waals surface area contributed by atoms with Crippen molar-refractivity contribution in [1.82, 2.24) is 5.32 Å². The summed E-state index contributed by atoms with van der Waals surface area (Å²) in [4.78, 5) is 11.0. The highest BCUT2D eigenvalue weighted by Gasteiger charge is 2.00. The maximum absolute atomic E-state index is 11.0. The Morgan fingerprint density at radius 3 is 2.56 bits per heavy atom. The predicted octanol–water partition coefficient (Wildman–Crippen LogP) is 0.358. The minimum Gasteiger partial charge on any atom is -0.461 e. The summed E-state index contributed by atoms with van der Waals surface area (Å²) in [5, 5.41) is 2.97. The average Bonchev–Trinajstić information content (AvgIpc) is 2.30. The van der Waals surface area contributed by atoms with Crippen molar-refractivity contribution in [1.29, 1.82) is 0 Å². The van der Waals surface area contributed by atoms with Gasteiger partial charge in [0.1, 0.15) is 6.61 Å². The molecule has 0 saturated heterocycles. The summed E-state index contributed by atoms with van der Waals surface area (Å²) in [5.74, 6) is -0.268. The van der Waals surface area contributed by atoms with Crippen molar-refractivity contribution in [3.63, 3.8) is 0 Å². The maximum atomic E-state index is 11.0. The van der Waals surface area contributed by atoms with Crippen LogP contribution in [0.1, 0.15) is 6.42 Å². The van der Waals surface area contributed by atoms with E-state index in [0.717, 1.165) is 6.54 Å². The molecule has 0 atom stereocenters. The molecule has 1 N–H and O–H groups in total. The van der Waals surface area contributed by atoms with E-state index in [1.807, 2.05) is 7.05 Å². The molecule has 94 valence electrons. The monoisotopic (exact) mass is 231 g/mol. The lowest BCUT2D eigenvalue weighted by Gasteiger charge is -2.05. The van der Waals surface area contributed by atoms with Crippen LogP contribution in [0.3, 0.4) is 0 Å². The van der Waals surface area contributed by atoms with Crippen molar-refractivity contribution in [3.8, 4) is 0 Å². The van der Waals surface area contributed by atoms with Gasteiger partial charge >= 0.3 is 5.97 Å². The zero-order chi connectivity index (χ0) is 12.1. The van der Waals surface area contributed by atoms with E-state index in [9.17, 15) is 4.79 Å². The van der Waals surface area contributed by atoms with Crippen molar-refractivity contribution in [2.45, 2.75) is 6.42 Å². The lowest BCUT2D eigenvalue weighted by atomic mass is 10.5. The molecule has 0 aliphatic rings. The summed E-state index contributed by atoms with van der Waals surface area (Å²) in [6.07, 6.45) is 1.80. The predicted molar refractivity (Wildman–Crippen MR) is 61.3 cm³/mol. The number of hydrogen-bond donors (Lipinski definition) is 1. The first-order chi connectivity index (χ1) is 7.81. The van der Waals surface area contributed by atoms with Gasteiger partial charge in [-0.05, 0) is 7.05 Å². The SMILES string of the molecule is C=CCOC(=O)CCOCCOCCNC. The van der Waals surface area contributed by atoms with Crippen molar-refractivity contribution >= 4 is 5.97 Å². The second-order valence-corrected chi connectivity index (χ2v) is 3.05.